The SMILES string of the molecule is CCOc1cc(F)ccc1NC1CCCCC1(C)C. The normalized spacial score (nSPS) is 22.0. The van der Waals surface area contributed by atoms with Crippen LogP contribution in [0.5, 0.6) is 5.75 Å². The molecule has 0 saturated heterocycles. The predicted octanol–water partition coefficient (Wildman–Crippen LogP) is 4.61. The smallest absolute Gasteiger partial charge is 0.145 e. The summed E-state index contributed by atoms with van der Waals surface area (Å²) in [6.45, 7) is 7.06. The molecule has 3 heteroatoms. The number of anilines is 1. The third-order valence-electron chi connectivity index (χ3n) is 4.08. The molecule has 0 bridgehead atoms. The molecule has 1 aliphatic rings. The van der Waals surface area contributed by atoms with Crippen LogP contribution >= 0.6 is 0 Å². The highest BCUT2D eigenvalue weighted by atomic mass is 19.1. The largest absolute Gasteiger partial charge is 0.492 e. The van der Waals surface area contributed by atoms with E-state index in [1.807, 2.05) is 6.92 Å². The molecular weight excluding hydrogens is 241 g/mol. The molecule has 106 valence electrons. The Hall–Kier alpha value is -1.25. The summed E-state index contributed by atoms with van der Waals surface area (Å²) in [6.07, 6.45) is 4.95. The van der Waals surface area contributed by atoms with Gasteiger partial charge in [-0.05, 0) is 37.3 Å². The van der Waals surface area contributed by atoms with Crippen molar-refractivity contribution in [3.8, 4) is 5.75 Å². The van der Waals surface area contributed by atoms with Crippen molar-refractivity contribution in [2.45, 2.75) is 52.5 Å². The van der Waals surface area contributed by atoms with Crippen molar-refractivity contribution >= 4 is 5.69 Å². The fourth-order valence-corrected chi connectivity index (χ4v) is 2.84. The summed E-state index contributed by atoms with van der Waals surface area (Å²) in [7, 11) is 0. The summed E-state index contributed by atoms with van der Waals surface area (Å²) < 4.78 is 18.8. The molecule has 0 spiro atoms. The summed E-state index contributed by atoms with van der Waals surface area (Å²) in [5, 5.41) is 3.56. The lowest BCUT2D eigenvalue weighted by molar-refractivity contribution is 0.216. The van der Waals surface area contributed by atoms with Crippen LogP contribution in [0.4, 0.5) is 10.1 Å². The summed E-state index contributed by atoms with van der Waals surface area (Å²) in [4.78, 5) is 0. The molecule has 1 N–H and O–H groups in total. The molecule has 1 saturated carbocycles. The summed E-state index contributed by atoms with van der Waals surface area (Å²) in [5.74, 6) is 0.362. The monoisotopic (exact) mass is 265 g/mol. The molecule has 0 aromatic heterocycles. The fourth-order valence-electron chi connectivity index (χ4n) is 2.84. The van der Waals surface area contributed by atoms with Gasteiger partial charge in [0.15, 0.2) is 0 Å². The number of nitrogens with one attached hydrogen (secondary N) is 1. The molecule has 19 heavy (non-hydrogen) atoms. The molecule has 1 aliphatic carbocycles. The van der Waals surface area contributed by atoms with Crippen molar-refractivity contribution in [2.75, 3.05) is 11.9 Å². The van der Waals surface area contributed by atoms with Crippen LogP contribution in [0.25, 0.3) is 0 Å². The van der Waals surface area contributed by atoms with E-state index in [0.29, 0.717) is 18.4 Å². The van der Waals surface area contributed by atoms with Gasteiger partial charge in [-0.15, -0.1) is 0 Å². The van der Waals surface area contributed by atoms with E-state index in [4.69, 9.17) is 4.74 Å². The second-order valence-corrected chi connectivity index (χ2v) is 6.00. The maximum absolute atomic E-state index is 13.3. The van der Waals surface area contributed by atoms with Crippen molar-refractivity contribution in [3.63, 3.8) is 0 Å². The Balaban J connectivity index is 2.17. The lowest BCUT2D eigenvalue weighted by Gasteiger charge is -2.39. The van der Waals surface area contributed by atoms with Crippen LogP contribution in [0, 0.1) is 11.2 Å². The zero-order valence-corrected chi connectivity index (χ0v) is 12.1. The highest BCUT2D eigenvalue weighted by Crippen LogP contribution is 2.38. The van der Waals surface area contributed by atoms with E-state index < -0.39 is 0 Å². The minimum Gasteiger partial charge on any atom is -0.492 e. The molecule has 2 nitrogen and oxygen atoms in total. The van der Waals surface area contributed by atoms with Crippen LogP contribution in [0.3, 0.4) is 0 Å². The number of halogens is 1. The predicted molar refractivity (Wildman–Crippen MR) is 77.2 cm³/mol. The van der Waals surface area contributed by atoms with Gasteiger partial charge in [0.1, 0.15) is 11.6 Å². The maximum atomic E-state index is 13.3. The second-order valence-electron chi connectivity index (χ2n) is 6.00. The number of benzene rings is 1. The van der Waals surface area contributed by atoms with E-state index >= 15 is 0 Å². The first-order valence-electron chi connectivity index (χ1n) is 7.22. The lowest BCUT2D eigenvalue weighted by Crippen LogP contribution is -2.39. The molecule has 0 heterocycles. The van der Waals surface area contributed by atoms with Gasteiger partial charge in [-0.3, -0.25) is 0 Å². The molecule has 0 aliphatic heterocycles. The molecule has 1 aromatic rings. The van der Waals surface area contributed by atoms with Crippen LogP contribution in [0.15, 0.2) is 18.2 Å². The average Bonchev–Trinajstić information content (AvgIpc) is 2.35. The topological polar surface area (TPSA) is 21.3 Å². The highest BCUT2D eigenvalue weighted by molar-refractivity contribution is 5.57. The van der Waals surface area contributed by atoms with Gasteiger partial charge in [0.25, 0.3) is 0 Å². The van der Waals surface area contributed by atoms with E-state index in [2.05, 4.69) is 19.2 Å². The van der Waals surface area contributed by atoms with Gasteiger partial charge in [0.2, 0.25) is 0 Å². The van der Waals surface area contributed by atoms with Gasteiger partial charge in [-0.25, -0.2) is 4.39 Å². The first kappa shape index (κ1) is 14.2. The number of ether oxygens (including phenoxy) is 1. The minimum atomic E-state index is -0.253. The molecule has 2 rings (SSSR count). The molecular formula is C16H24FNO. The Bertz CT molecular complexity index is 431. The van der Waals surface area contributed by atoms with Crippen molar-refractivity contribution in [3.05, 3.63) is 24.0 Å². The quantitative estimate of drug-likeness (QED) is 0.858. The Kier molecular flexibility index (Phi) is 4.33. The summed E-state index contributed by atoms with van der Waals surface area (Å²) in [5.41, 5.74) is 1.18. The third-order valence-corrected chi connectivity index (χ3v) is 4.08. The van der Waals surface area contributed by atoms with Crippen molar-refractivity contribution in [2.24, 2.45) is 5.41 Å². The molecule has 1 fully saturated rings. The molecule has 1 unspecified atom stereocenters. The van der Waals surface area contributed by atoms with Crippen molar-refractivity contribution < 1.29 is 9.13 Å². The van der Waals surface area contributed by atoms with Crippen LogP contribution in [0.1, 0.15) is 46.5 Å². The summed E-state index contributed by atoms with van der Waals surface area (Å²) in [6, 6.07) is 5.15. The average molecular weight is 265 g/mol. The molecule has 1 aromatic carbocycles. The molecule has 1 atom stereocenters. The van der Waals surface area contributed by atoms with Gasteiger partial charge < -0.3 is 10.1 Å². The number of hydrogen-bond donors (Lipinski definition) is 1. The van der Waals surface area contributed by atoms with Gasteiger partial charge in [-0.2, -0.15) is 0 Å². The minimum absolute atomic E-state index is 0.253. The Morgan fingerprint density at radius 2 is 2.16 bits per heavy atom. The van der Waals surface area contributed by atoms with Crippen LogP contribution in [-0.2, 0) is 0 Å². The lowest BCUT2D eigenvalue weighted by atomic mass is 9.73. The van der Waals surface area contributed by atoms with Gasteiger partial charge >= 0.3 is 0 Å². The first-order valence-corrected chi connectivity index (χ1v) is 7.22. The van der Waals surface area contributed by atoms with Crippen LogP contribution in [-0.4, -0.2) is 12.6 Å². The zero-order chi connectivity index (χ0) is 13.9. The van der Waals surface area contributed by atoms with Crippen LogP contribution in [0.2, 0.25) is 0 Å². The standard InChI is InChI=1S/C16H24FNO/c1-4-19-14-11-12(17)8-9-13(14)18-15-7-5-6-10-16(15,2)3/h8-9,11,15,18H,4-7,10H2,1-3H3. The Morgan fingerprint density at radius 3 is 2.84 bits per heavy atom. The molecule has 0 radical (unpaired) electrons. The number of hydrogen-bond acceptors (Lipinski definition) is 2. The van der Waals surface area contributed by atoms with Crippen molar-refractivity contribution in [1.29, 1.82) is 0 Å². The van der Waals surface area contributed by atoms with Crippen LogP contribution < -0.4 is 10.1 Å². The maximum Gasteiger partial charge on any atom is 0.145 e. The highest BCUT2D eigenvalue weighted by Gasteiger charge is 2.32. The van der Waals surface area contributed by atoms with E-state index in [0.717, 1.165) is 12.1 Å². The number of rotatable bonds is 4. The van der Waals surface area contributed by atoms with Gasteiger partial charge in [-0.1, -0.05) is 26.7 Å². The third kappa shape index (κ3) is 3.40. The Labute approximate surface area is 115 Å². The van der Waals surface area contributed by atoms with E-state index in [1.54, 1.807) is 6.07 Å². The van der Waals surface area contributed by atoms with E-state index in [-0.39, 0.29) is 11.2 Å². The van der Waals surface area contributed by atoms with Gasteiger partial charge in [0, 0.05) is 12.1 Å². The summed E-state index contributed by atoms with van der Waals surface area (Å²) >= 11 is 0. The van der Waals surface area contributed by atoms with E-state index in [1.165, 1.54) is 31.4 Å². The first-order chi connectivity index (χ1) is 9.03. The van der Waals surface area contributed by atoms with Crippen molar-refractivity contribution in [1.82, 2.24) is 0 Å². The van der Waals surface area contributed by atoms with Gasteiger partial charge in [0.05, 0.1) is 12.3 Å². The van der Waals surface area contributed by atoms with E-state index in [9.17, 15) is 4.39 Å². The second kappa shape index (κ2) is 5.81. The zero-order valence-electron chi connectivity index (χ0n) is 12.1. The molecule has 0 amide bonds. The Morgan fingerprint density at radius 1 is 1.37 bits per heavy atom. The fraction of sp³-hybridized carbons (Fsp3) is 0.625.